The van der Waals surface area contributed by atoms with Gasteiger partial charge in [-0.15, -0.1) is 0 Å². The van der Waals surface area contributed by atoms with Crippen molar-refractivity contribution < 1.29 is 28.6 Å². The van der Waals surface area contributed by atoms with E-state index in [1.807, 2.05) is 32.6 Å². The van der Waals surface area contributed by atoms with E-state index in [0.29, 0.717) is 49.8 Å². The molecule has 45 heavy (non-hydrogen) atoms. The number of amides is 3. The highest BCUT2D eigenvalue weighted by Crippen LogP contribution is 2.37. The van der Waals surface area contributed by atoms with Crippen molar-refractivity contribution in [3.63, 3.8) is 0 Å². The average molecular weight is 629 g/mol. The molecule has 1 heterocycles. The molecule has 0 radical (unpaired) electrons. The summed E-state index contributed by atoms with van der Waals surface area (Å²) >= 11 is 0. The number of carbonyl (C=O) groups is 3. The van der Waals surface area contributed by atoms with E-state index >= 15 is 0 Å². The maximum absolute atomic E-state index is 13.9. The van der Waals surface area contributed by atoms with Crippen molar-refractivity contribution >= 4 is 17.7 Å². The fraction of sp³-hybridized carbons (Fsp3) is 0.743. The van der Waals surface area contributed by atoms with Crippen molar-refractivity contribution in [3.8, 4) is 11.5 Å². The lowest BCUT2D eigenvalue weighted by Crippen LogP contribution is -2.52. The van der Waals surface area contributed by atoms with Gasteiger partial charge in [0.1, 0.15) is 0 Å². The van der Waals surface area contributed by atoms with Crippen LogP contribution < -0.4 is 20.1 Å². The standard InChI is InChI=1S/C35H56N4O6/c1-24(2)33(41)37-35(14-7-8-15-35)19-32(40)39(29-11-12-29)23-28-21-36-20-27(28)22-38(25(3)4)34(42)26-10-13-30(44-6)31(18-26)45-17-9-16-43-5/h10,13,18,24-25,27-29,36H,7-9,11-12,14-17,19-23H2,1-6H3,(H,37,41). The fourth-order valence-electron chi connectivity index (χ4n) is 6.76. The minimum absolute atomic E-state index is 0.000108. The largest absolute Gasteiger partial charge is 0.493 e. The predicted molar refractivity (Wildman–Crippen MR) is 175 cm³/mol. The SMILES string of the molecule is COCCCOc1cc(C(=O)N(CC2CNCC2CN(C(=O)CC2(NC(=O)C(C)C)CCCC2)C2CC2)C(C)C)ccc1OC. The van der Waals surface area contributed by atoms with E-state index in [2.05, 4.69) is 15.5 Å². The van der Waals surface area contributed by atoms with Crippen LogP contribution >= 0.6 is 0 Å². The van der Waals surface area contributed by atoms with Crippen LogP contribution in [-0.4, -0.2) is 98.8 Å². The molecule has 3 amide bonds. The Bertz CT molecular complexity index is 1150. The van der Waals surface area contributed by atoms with Crippen molar-refractivity contribution in [2.75, 3.05) is 53.6 Å². The Labute approximate surface area is 269 Å². The van der Waals surface area contributed by atoms with Crippen molar-refractivity contribution in [1.82, 2.24) is 20.4 Å². The lowest BCUT2D eigenvalue weighted by Gasteiger charge is -2.36. The van der Waals surface area contributed by atoms with E-state index in [1.54, 1.807) is 32.4 Å². The highest BCUT2D eigenvalue weighted by Gasteiger charge is 2.43. The highest BCUT2D eigenvalue weighted by molar-refractivity contribution is 5.95. The molecule has 10 heteroatoms. The third-order valence-corrected chi connectivity index (χ3v) is 9.66. The Morgan fingerprint density at radius 2 is 1.67 bits per heavy atom. The Hall–Kier alpha value is -2.85. The zero-order valence-electron chi connectivity index (χ0n) is 28.4. The number of carbonyl (C=O) groups excluding carboxylic acids is 3. The molecular formula is C35H56N4O6. The van der Waals surface area contributed by atoms with Gasteiger partial charge in [0, 0.05) is 81.8 Å². The van der Waals surface area contributed by atoms with Crippen LogP contribution in [0.5, 0.6) is 11.5 Å². The molecule has 2 aliphatic carbocycles. The van der Waals surface area contributed by atoms with Crippen LogP contribution in [0.3, 0.4) is 0 Å². The molecule has 1 aliphatic heterocycles. The topological polar surface area (TPSA) is 109 Å². The van der Waals surface area contributed by atoms with Gasteiger partial charge in [0.15, 0.2) is 11.5 Å². The summed E-state index contributed by atoms with van der Waals surface area (Å²) in [6, 6.07) is 5.64. The molecule has 3 fully saturated rings. The molecule has 2 unspecified atom stereocenters. The molecule has 2 saturated carbocycles. The van der Waals surface area contributed by atoms with Gasteiger partial charge in [-0.1, -0.05) is 26.7 Å². The van der Waals surface area contributed by atoms with Gasteiger partial charge in [0.25, 0.3) is 5.91 Å². The Balaban J connectivity index is 1.43. The van der Waals surface area contributed by atoms with Gasteiger partial charge in [-0.3, -0.25) is 14.4 Å². The number of nitrogens with one attached hydrogen (secondary N) is 2. The molecule has 0 aromatic heterocycles. The van der Waals surface area contributed by atoms with Crippen LogP contribution in [0.15, 0.2) is 18.2 Å². The second-order valence-corrected chi connectivity index (χ2v) is 13.9. The zero-order chi connectivity index (χ0) is 32.6. The van der Waals surface area contributed by atoms with Crippen LogP contribution in [0, 0.1) is 17.8 Å². The first kappa shape index (κ1) is 35.0. The van der Waals surface area contributed by atoms with Gasteiger partial charge in [-0.25, -0.2) is 0 Å². The summed E-state index contributed by atoms with van der Waals surface area (Å²) in [7, 11) is 3.25. The molecule has 10 nitrogen and oxygen atoms in total. The van der Waals surface area contributed by atoms with E-state index in [-0.39, 0.29) is 47.6 Å². The number of methoxy groups -OCH3 is 2. The molecule has 252 valence electrons. The molecular weight excluding hydrogens is 572 g/mol. The summed E-state index contributed by atoms with van der Waals surface area (Å²) in [6.45, 7) is 11.9. The Kier molecular flexibility index (Phi) is 12.5. The maximum Gasteiger partial charge on any atom is 0.254 e. The molecule has 0 bridgehead atoms. The van der Waals surface area contributed by atoms with Crippen LogP contribution in [-0.2, 0) is 14.3 Å². The van der Waals surface area contributed by atoms with E-state index in [4.69, 9.17) is 14.2 Å². The summed E-state index contributed by atoms with van der Waals surface area (Å²) in [6.07, 6.45) is 6.98. The van der Waals surface area contributed by atoms with Gasteiger partial charge < -0.3 is 34.6 Å². The molecule has 4 rings (SSSR count). The average Bonchev–Trinajstić information content (AvgIpc) is 3.59. The molecule has 3 aliphatic rings. The van der Waals surface area contributed by atoms with Crippen LogP contribution in [0.25, 0.3) is 0 Å². The summed E-state index contributed by atoms with van der Waals surface area (Å²) in [5, 5.41) is 6.81. The van der Waals surface area contributed by atoms with Gasteiger partial charge in [-0.2, -0.15) is 0 Å². The second-order valence-electron chi connectivity index (χ2n) is 13.9. The van der Waals surface area contributed by atoms with Gasteiger partial charge >= 0.3 is 0 Å². The smallest absolute Gasteiger partial charge is 0.254 e. The zero-order valence-corrected chi connectivity index (χ0v) is 28.4. The first-order chi connectivity index (χ1) is 21.6. The van der Waals surface area contributed by atoms with E-state index < -0.39 is 5.54 Å². The number of nitrogens with zero attached hydrogens (tertiary/aromatic N) is 2. The molecule has 0 spiro atoms. The molecule has 1 aromatic carbocycles. The fourth-order valence-corrected chi connectivity index (χ4v) is 6.76. The molecule has 2 atom stereocenters. The highest BCUT2D eigenvalue weighted by atomic mass is 16.5. The van der Waals surface area contributed by atoms with Crippen molar-refractivity contribution in [2.24, 2.45) is 17.8 Å². The van der Waals surface area contributed by atoms with Gasteiger partial charge in [-0.05, 0) is 69.6 Å². The van der Waals surface area contributed by atoms with Gasteiger partial charge in [0.2, 0.25) is 11.8 Å². The third kappa shape index (κ3) is 9.35. The first-order valence-electron chi connectivity index (χ1n) is 17.0. The minimum Gasteiger partial charge on any atom is -0.493 e. The summed E-state index contributed by atoms with van der Waals surface area (Å²) in [5.41, 5.74) is 0.138. The summed E-state index contributed by atoms with van der Waals surface area (Å²) < 4.78 is 16.6. The molecule has 1 saturated heterocycles. The summed E-state index contributed by atoms with van der Waals surface area (Å²) in [5.74, 6) is 1.63. The minimum atomic E-state index is -0.426. The molecule has 2 N–H and O–H groups in total. The Morgan fingerprint density at radius 1 is 0.978 bits per heavy atom. The third-order valence-electron chi connectivity index (χ3n) is 9.66. The first-order valence-corrected chi connectivity index (χ1v) is 17.0. The number of ether oxygens (including phenoxy) is 3. The number of benzene rings is 1. The van der Waals surface area contributed by atoms with Crippen molar-refractivity contribution in [2.45, 2.75) is 96.7 Å². The maximum atomic E-state index is 13.9. The number of hydrogen-bond acceptors (Lipinski definition) is 7. The Morgan fingerprint density at radius 3 is 2.27 bits per heavy atom. The van der Waals surface area contributed by atoms with E-state index in [9.17, 15) is 14.4 Å². The number of hydrogen-bond donors (Lipinski definition) is 2. The normalized spacial score (nSPS) is 20.8. The van der Waals surface area contributed by atoms with Crippen LogP contribution in [0.4, 0.5) is 0 Å². The van der Waals surface area contributed by atoms with Crippen molar-refractivity contribution in [1.29, 1.82) is 0 Å². The molecule has 1 aromatic rings. The number of rotatable bonds is 17. The second kappa shape index (κ2) is 16.1. The van der Waals surface area contributed by atoms with E-state index in [1.165, 1.54) is 0 Å². The lowest BCUT2D eigenvalue weighted by atomic mass is 9.90. The monoisotopic (exact) mass is 628 g/mol. The lowest BCUT2D eigenvalue weighted by molar-refractivity contribution is -0.135. The van der Waals surface area contributed by atoms with Crippen LogP contribution in [0.1, 0.15) is 89.4 Å². The quantitative estimate of drug-likeness (QED) is 0.248. The van der Waals surface area contributed by atoms with Crippen molar-refractivity contribution in [3.05, 3.63) is 23.8 Å². The van der Waals surface area contributed by atoms with E-state index in [0.717, 1.165) is 58.0 Å². The van der Waals surface area contributed by atoms with Crippen LogP contribution in [0.2, 0.25) is 0 Å². The van der Waals surface area contributed by atoms with Gasteiger partial charge in [0.05, 0.1) is 13.7 Å². The predicted octanol–water partition coefficient (Wildman–Crippen LogP) is 4.26. The summed E-state index contributed by atoms with van der Waals surface area (Å²) in [4.78, 5) is 44.5.